The third-order valence-corrected chi connectivity index (χ3v) is 12.2. The molecule has 0 aromatic carbocycles. The number of nitrogens with one attached hydrogen (secondary N) is 4. The zero-order valence-electron chi connectivity index (χ0n) is 13.0. The number of rotatable bonds is 6. The summed E-state index contributed by atoms with van der Waals surface area (Å²) in [5, 5.41) is 11.3. The molecule has 1 atom stereocenters. The molecule has 3 rings (SSSR count). The summed E-state index contributed by atoms with van der Waals surface area (Å²) in [5.41, 5.74) is -0.0534. The normalized spacial score (nSPS) is 28.0. The predicted molar refractivity (Wildman–Crippen MR) is 103 cm³/mol. The molecule has 2 heterocycles. The molecule has 2 aliphatic heterocycles. The zero-order chi connectivity index (χ0) is 16.0. The Morgan fingerprint density at radius 3 is 2.50 bits per heavy atom. The van der Waals surface area contributed by atoms with Gasteiger partial charge in [-0.15, -0.1) is 0 Å². The van der Waals surface area contributed by atoms with Crippen LogP contribution in [0.15, 0.2) is 0 Å². The molecule has 8 heteroatoms. The number of hydrogen-bond acceptors (Lipinski definition) is 5. The van der Waals surface area contributed by atoms with Gasteiger partial charge in [0, 0.05) is 0 Å². The fourth-order valence-corrected chi connectivity index (χ4v) is 10.9. The van der Waals surface area contributed by atoms with Crippen molar-refractivity contribution in [1.82, 2.24) is 12.4 Å². The first kappa shape index (κ1) is 17.2. The number of carbonyl (C=O) groups excluding carboxylic acids is 1. The third-order valence-electron chi connectivity index (χ3n) is 4.97. The number of hydrogen-bond donors (Lipinski definition) is 4. The Labute approximate surface area is 153 Å². The van der Waals surface area contributed by atoms with Gasteiger partial charge in [-0.3, -0.25) is 0 Å². The van der Waals surface area contributed by atoms with E-state index in [4.69, 9.17) is 10.1 Å². The monoisotopic (exact) mass is 534 g/mol. The van der Waals surface area contributed by atoms with Crippen molar-refractivity contribution < 1.29 is 9.53 Å². The molecular weight excluding hydrogens is 510 g/mol. The van der Waals surface area contributed by atoms with Gasteiger partial charge < -0.3 is 0 Å². The van der Waals surface area contributed by atoms with Crippen molar-refractivity contribution >= 4 is 54.8 Å². The second kappa shape index (κ2) is 5.99. The minimum absolute atomic E-state index is 0.0287. The fourth-order valence-electron chi connectivity index (χ4n) is 3.14. The molecule has 1 saturated carbocycles. The van der Waals surface area contributed by atoms with E-state index in [1.807, 2.05) is 6.92 Å². The van der Waals surface area contributed by atoms with Gasteiger partial charge in [0.15, 0.2) is 0 Å². The Bertz CT molecular complexity index is 485. The van der Waals surface area contributed by atoms with Crippen molar-refractivity contribution in [2.24, 2.45) is 0 Å². The molecule has 0 aromatic heterocycles. The Morgan fingerprint density at radius 1 is 1.41 bits per heavy atom. The molecular formula is C14H24I2N4O2. The van der Waals surface area contributed by atoms with Gasteiger partial charge in [-0.1, -0.05) is 0 Å². The Balaban J connectivity index is 1.48. The molecule has 3 fully saturated rings. The molecule has 3 aliphatic rings. The van der Waals surface area contributed by atoms with E-state index in [-0.39, 0.29) is 27.6 Å². The van der Waals surface area contributed by atoms with E-state index in [2.05, 4.69) is 41.9 Å². The Morgan fingerprint density at radius 2 is 2.00 bits per heavy atom. The van der Waals surface area contributed by atoms with E-state index >= 15 is 0 Å². The molecule has 22 heavy (non-hydrogen) atoms. The van der Waals surface area contributed by atoms with Crippen molar-refractivity contribution in [1.29, 1.82) is 5.41 Å². The van der Waals surface area contributed by atoms with Gasteiger partial charge in [-0.05, 0) is 0 Å². The Kier molecular flexibility index (Phi) is 4.67. The van der Waals surface area contributed by atoms with E-state index < -0.39 is 23.8 Å². The molecule has 0 radical (unpaired) electrons. The number of ether oxygens (including phenoxy) is 1. The first-order valence-electron chi connectivity index (χ1n) is 7.82. The first-order valence-corrected chi connectivity index (χ1v) is 12.1. The molecule has 4 N–H and O–H groups in total. The summed E-state index contributed by atoms with van der Waals surface area (Å²) in [4.78, 5) is 12.2. The zero-order valence-corrected chi connectivity index (χ0v) is 17.3. The van der Waals surface area contributed by atoms with Gasteiger partial charge >= 0.3 is 154 Å². The van der Waals surface area contributed by atoms with Crippen LogP contribution >= 0.6 is 43.0 Å². The van der Waals surface area contributed by atoms with Gasteiger partial charge in [0.05, 0.1) is 0 Å². The van der Waals surface area contributed by atoms with Crippen LogP contribution in [0.2, 0.25) is 0 Å². The van der Waals surface area contributed by atoms with Crippen LogP contribution in [0.4, 0.5) is 0 Å². The fraction of sp³-hybridized carbons (Fsp3) is 0.857. The molecule has 0 spiro atoms. The van der Waals surface area contributed by atoms with Crippen LogP contribution in [0.5, 0.6) is 0 Å². The molecule has 126 valence electrons. The predicted octanol–water partition coefficient (Wildman–Crippen LogP) is 2.60. The Hall–Kier alpha value is 0.320. The van der Waals surface area contributed by atoms with Crippen molar-refractivity contribution in [3.8, 4) is 0 Å². The van der Waals surface area contributed by atoms with Crippen molar-refractivity contribution in [3.05, 3.63) is 0 Å². The minimum atomic E-state index is -1.13. The average Bonchev–Trinajstić information content (AvgIpc) is 3.35. The molecule has 6 nitrogen and oxygen atoms in total. The molecule has 0 aromatic rings. The van der Waals surface area contributed by atoms with E-state index in [9.17, 15) is 4.79 Å². The van der Waals surface area contributed by atoms with Crippen molar-refractivity contribution in [2.45, 2.75) is 65.0 Å². The van der Waals surface area contributed by atoms with Crippen LogP contribution in [0.25, 0.3) is 0 Å². The first-order chi connectivity index (χ1) is 10.4. The van der Waals surface area contributed by atoms with Crippen LogP contribution < -0.4 is 12.4 Å². The SMILES string of the molecule is CCC1(NC(=O)COC(=N)C(C)(I)C23NI2N3)CCCCC1. The van der Waals surface area contributed by atoms with Crippen LogP contribution in [0, 0.1) is 5.41 Å². The molecule has 1 amide bonds. The standard InChI is InChI=1S/C14H24I2N4O2/c1-3-13(7-5-4-6-8-13)18-10(21)9-22-11(17)12(2,15)14-16(19-14)20-14/h17,19-20H,3-9H2,1-2H3,(H,18,21). The molecule has 0 bridgehead atoms. The maximum absolute atomic E-state index is 12.2. The van der Waals surface area contributed by atoms with Crippen molar-refractivity contribution in [2.75, 3.05) is 6.61 Å². The second-order valence-electron chi connectivity index (χ2n) is 6.49. The maximum atomic E-state index is 12.2. The summed E-state index contributed by atoms with van der Waals surface area (Å²) < 4.78 is 11.9. The quantitative estimate of drug-likeness (QED) is 0.0800. The van der Waals surface area contributed by atoms with E-state index in [0.717, 1.165) is 19.3 Å². The topological polar surface area (TPSA) is 106 Å². The number of carbonyl (C=O) groups is 1. The second-order valence-corrected chi connectivity index (χ2v) is 13.0. The number of alkyl halides is 2. The third kappa shape index (κ3) is 3.00. The van der Waals surface area contributed by atoms with Crippen LogP contribution in [-0.4, -0.2) is 31.0 Å². The number of amides is 1. The summed E-state index contributed by atoms with van der Waals surface area (Å²) in [5.74, 6) is 0.0933. The molecule has 1 unspecified atom stereocenters. The van der Waals surface area contributed by atoms with Gasteiger partial charge in [0.25, 0.3) is 0 Å². The summed E-state index contributed by atoms with van der Waals surface area (Å²) in [6.45, 7) is 4.08. The molecule has 1 aliphatic carbocycles. The van der Waals surface area contributed by atoms with Gasteiger partial charge in [0.1, 0.15) is 0 Å². The summed E-state index contributed by atoms with van der Waals surface area (Å²) >= 11 is 1.13. The van der Waals surface area contributed by atoms with Gasteiger partial charge in [0.2, 0.25) is 0 Å². The summed E-state index contributed by atoms with van der Waals surface area (Å²) in [7, 11) is 0. The summed E-state index contributed by atoms with van der Waals surface area (Å²) in [6.07, 6.45) is 6.71. The average molecular weight is 534 g/mol. The van der Waals surface area contributed by atoms with Crippen LogP contribution in [-0.2, 0) is 9.53 Å². The summed E-state index contributed by atoms with van der Waals surface area (Å²) in [6, 6.07) is 0. The van der Waals surface area contributed by atoms with Crippen LogP contribution in [0.3, 0.4) is 0 Å². The van der Waals surface area contributed by atoms with E-state index in [0.29, 0.717) is 0 Å². The number of fused-ring (bicyclic) bond motifs is 1. The molecule has 2 saturated heterocycles. The van der Waals surface area contributed by atoms with E-state index in [1.54, 1.807) is 0 Å². The van der Waals surface area contributed by atoms with E-state index in [1.165, 1.54) is 19.3 Å². The van der Waals surface area contributed by atoms with Crippen molar-refractivity contribution in [3.63, 3.8) is 0 Å². The van der Waals surface area contributed by atoms with Gasteiger partial charge in [-0.2, -0.15) is 0 Å². The number of halogens is 2. The van der Waals surface area contributed by atoms with Crippen LogP contribution in [0.1, 0.15) is 52.4 Å². The van der Waals surface area contributed by atoms with Gasteiger partial charge in [-0.25, -0.2) is 0 Å².